The van der Waals surface area contributed by atoms with Gasteiger partial charge < -0.3 is 5.73 Å². The Morgan fingerprint density at radius 2 is 1.95 bits per heavy atom. The predicted molar refractivity (Wildman–Crippen MR) is 73.9 cm³/mol. The lowest BCUT2D eigenvalue weighted by molar-refractivity contribution is 0.501. The van der Waals surface area contributed by atoms with Gasteiger partial charge in [0.25, 0.3) is 0 Å². The van der Waals surface area contributed by atoms with Crippen LogP contribution >= 0.6 is 11.6 Å². The summed E-state index contributed by atoms with van der Waals surface area (Å²) in [5.41, 5.74) is 6.54. The smallest absolute Gasteiger partial charge is 0.189 e. The van der Waals surface area contributed by atoms with E-state index in [-0.39, 0.29) is 11.5 Å². The van der Waals surface area contributed by atoms with Gasteiger partial charge in [-0.3, -0.25) is 0 Å². The van der Waals surface area contributed by atoms with Gasteiger partial charge in [0, 0.05) is 16.3 Å². The molecule has 0 atom stereocenters. The van der Waals surface area contributed by atoms with Crippen LogP contribution in [0.2, 0.25) is 5.02 Å². The molecule has 0 bridgehead atoms. The molecule has 3 rings (SSSR count). The van der Waals surface area contributed by atoms with Crippen molar-refractivity contribution in [1.29, 1.82) is 0 Å². The van der Waals surface area contributed by atoms with Crippen LogP contribution in [-0.2, 0) is 0 Å². The molecule has 0 amide bonds. The van der Waals surface area contributed by atoms with Gasteiger partial charge in [0.1, 0.15) is 5.69 Å². The van der Waals surface area contributed by atoms with Crippen molar-refractivity contribution in [3.63, 3.8) is 0 Å². The molecule has 0 fully saturated rings. The summed E-state index contributed by atoms with van der Waals surface area (Å²) in [4.78, 5) is 0. The van der Waals surface area contributed by atoms with Crippen molar-refractivity contribution in [1.82, 2.24) is 20.2 Å². The van der Waals surface area contributed by atoms with Crippen LogP contribution < -0.4 is 5.73 Å². The minimum Gasteiger partial charge on any atom is -0.398 e. The molecule has 1 heterocycles. The van der Waals surface area contributed by atoms with Crippen molar-refractivity contribution in [2.45, 2.75) is 0 Å². The molecule has 0 spiro atoms. The average Bonchev–Trinajstić information content (AvgIpc) is 2.93. The van der Waals surface area contributed by atoms with E-state index in [1.807, 2.05) is 0 Å². The topological polar surface area (TPSA) is 69.6 Å². The summed E-state index contributed by atoms with van der Waals surface area (Å²) in [6, 6.07) is 8.47. The number of nitrogens with zero attached hydrogens (tertiary/aromatic N) is 4. The summed E-state index contributed by atoms with van der Waals surface area (Å²) in [6.45, 7) is 0. The van der Waals surface area contributed by atoms with E-state index in [0.717, 1.165) is 10.7 Å². The molecular weight excluding hydrogens is 300 g/mol. The third kappa shape index (κ3) is 2.31. The lowest BCUT2D eigenvalue weighted by Gasteiger charge is -2.08. The quantitative estimate of drug-likeness (QED) is 0.739. The fourth-order valence-electron chi connectivity index (χ4n) is 1.90. The van der Waals surface area contributed by atoms with Crippen molar-refractivity contribution in [3.8, 4) is 17.1 Å². The lowest BCUT2D eigenvalue weighted by atomic mass is 10.1. The molecule has 2 N–H and O–H groups in total. The Morgan fingerprint density at radius 3 is 2.76 bits per heavy atom. The van der Waals surface area contributed by atoms with Crippen molar-refractivity contribution < 1.29 is 8.78 Å². The number of nitrogens with two attached hydrogens (primary N) is 1. The van der Waals surface area contributed by atoms with Gasteiger partial charge >= 0.3 is 0 Å². The standard InChI is InChI=1S/C13H8ClF2N5/c14-7-4-5-10(17)8(6-7)13-18-19-20-21(13)11-3-1-2-9(15)12(11)16/h1-6H,17H2. The first-order valence-electron chi connectivity index (χ1n) is 5.86. The van der Waals surface area contributed by atoms with E-state index in [9.17, 15) is 8.78 Å². The molecule has 5 nitrogen and oxygen atoms in total. The number of rotatable bonds is 2. The number of benzene rings is 2. The van der Waals surface area contributed by atoms with Crippen LogP contribution in [0.15, 0.2) is 36.4 Å². The highest BCUT2D eigenvalue weighted by atomic mass is 35.5. The van der Waals surface area contributed by atoms with Crippen LogP contribution in [-0.4, -0.2) is 20.2 Å². The molecule has 0 unspecified atom stereocenters. The van der Waals surface area contributed by atoms with Crippen LogP contribution in [0.1, 0.15) is 0 Å². The van der Waals surface area contributed by atoms with Crippen LogP contribution in [0.5, 0.6) is 0 Å². The zero-order chi connectivity index (χ0) is 15.0. The normalized spacial score (nSPS) is 10.8. The summed E-state index contributed by atoms with van der Waals surface area (Å²) < 4.78 is 28.3. The van der Waals surface area contributed by atoms with Crippen LogP contribution in [0.25, 0.3) is 17.1 Å². The minimum atomic E-state index is -1.05. The first-order valence-corrected chi connectivity index (χ1v) is 6.24. The number of hydrogen-bond donors (Lipinski definition) is 1. The third-order valence-corrected chi connectivity index (χ3v) is 3.12. The number of nitrogen functional groups attached to an aromatic ring is 1. The largest absolute Gasteiger partial charge is 0.398 e. The number of hydrogen-bond acceptors (Lipinski definition) is 4. The Hall–Kier alpha value is -2.54. The SMILES string of the molecule is Nc1ccc(Cl)cc1-c1nnnn1-c1cccc(F)c1F. The Bertz CT molecular complexity index is 802. The summed E-state index contributed by atoms with van der Waals surface area (Å²) in [7, 11) is 0. The molecule has 2 aromatic carbocycles. The number of aromatic nitrogens is 4. The van der Waals surface area contributed by atoms with E-state index in [0.29, 0.717) is 16.3 Å². The molecule has 0 saturated carbocycles. The second-order valence-electron chi connectivity index (χ2n) is 4.22. The molecule has 0 aliphatic carbocycles. The predicted octanol–water partition coefficient (Wildman–Crippen LogP) is 2.84. The molecule has 1 aromatic heterocycles. The van der Waals surface area contributed by atoms with E-state index in [1.54, 1.807) is 18.2 Å². The van der Waals surface area contributed by atoms with E-state index in [1.165, 1.54) is 12.1 Å². The first kappa shape index (κ1) is 13.4. The zero-order valence-electron chi connectivity index (χ0n) is 10.5. The van der Waals surface area contributed by atoms with Gasteiger partial charge in [0.15, 0.2) is 17.5 Å². The Labute approximate surface area is 123 Å². The fourth-order valence-corrected chi connectivity index (χ4v) is 2.07. The van der Waals surface area contributed by atoms with Crippen LogP contribution in [0.3, 0.4) is 0 Å². The zero-order valence-corrected chi connectivity index (χ0v) is 11.2. The van der Waals surface area contributed by atoms with E-state index < -0.39 is 11.6 Å². The van der Waals surface area contributed by atoms with E-state index in [4.69, 9.17) is 17.3 Å². The molecule has 0 aliphatic heterocycles. The Kier molecular flexibility index (Phi) is 3.26. The Morgan fingerprint density at radius 1 is 1.14 bits per heavy atom. The fraction of sp³-hybridized carbons (Fsp3) is 0. The van der Waals surface area contributed by atoms with Crippen molar-refractivity contribution >= 4 is 17.3 Å². The van der Waals surface area contributed by atoms with Crippen LogP contribution in [0.4, 0.5) is 14.5 Å². The van der Waals surface area contributed by atoms with Gasteiger partial charge in [0.2, 0.25) is 0 Å². The lowest BCUT2D eigenvalue weighted by Crippen LogP contribution is -2.05. The molecule has 21 heavy (non-hydrogen) atoms. The first-order chi connectivity index (χ1) is 10.1. The second kappa shape index (κ2) is 5.10. The average molecular weight is 308 g/mol. The van der Waals surface area contributed by atoms with E-state index >= 15 is 0 Å². The maximum Gasteiger partial charge on any atom is 0.189 e. The van der Waals surface area contributed by atoms with Crippen LogP contribution in [0, 0.1) is 11.6 Å². The van der Waals surface area contributed by atoms with Gasteiger partial charge in [-0.2, -0.15) is 4.68 Å². The molecule has 0 aliphatic rings. The molecule has 8 heteroatoms. The number of anilines is 1. The van der Waals surface area contributed by atoms with Crippen molar-refractivity contribution in [2.75, 3.05) is 5.73 Å². The number of halogens is 3. The van der Waals surface area contributed by atoms with Gasteiger partial charge in [-0.05, 0) is 40.8 Å². The van der Waals surface area contributed by atoms with Gasteiger partial charge in [-0.15, -0.1) is 5.10 Å². The van der Waals surface area contributed by atoms with Gasteiger partial charge in [0.05, 0.1) is 0 Å². The summed E-state index contributed by atoms with van der Waals surface area (Å²) in [5, 5.41) is 11.4. The summed E-state index contributed by atoms with van der Waals surface area (Å²) >= 11 is 5.92. The minimum absolute atomic E-state index is 0.116. The Balaban J connectivity index is 2.22. The maximum atomic E-state index is 13.9. The highest BCUT2D eigenvalue weighted by molar-refractivity contribution is 6.31. The summed E-state index contributed by atoms with van der Waals surface area (Å²) in [6.07, 6.45) is 0. The monoisotopic (exact) mass is 307 g/mol. The third-order valence-electron chi connectivity index (χ3n) is 2.89. The number of tetrazole rings is 1. The highest BCUT2D eigenvalue weighted by Crippen LogP contribution is 2.29. The molecule has 106 valence electrons. The van der Waals surface area contributed by atoms with Gasteiger partial charge in [-0.25, -0.2) is 8.78 Å². The van der Waals surface area contributed by atoms with Crippen molar-refractivity contribution in [2.24, 2.45) is 0 Å². The molecule has 0 saturated heterocycles. The molecule has 0 radical (unpaired) electrons. The second-order valence-corrected chi connectivity index (χ2v) is 4.66. The van der Waals surface area contributed by atoms with E-state index in [2.05, 4.69) is 15.5 Å². The molecule has 3 aromatic rings. The van der Waals surface area contributed by atoms with Crippen molar-refractivity contribution in [3.05, 3.63) is 53.1 Å². The maximum absolute atomic E-state index is 13.9. The highest BCUT2D eigenvalue weighted by Gasteiger charge is 2.18. The summed E-state index contributed by atoms with van der Waals surface area (Å²) in [5.74, 6) is -1.88. The molecular formula is C13H8ClF2N5. The van der Waals surface area contributed by atoms with Gasteiger partial charge in [-0.1, -0.05) is 17.7 Å².